The highest BCUT2D eigenvalue weighted by Crippen LogP contribution is 2.18. The lowest BCUT2D eigenvalue weighted by Gasteiger charge is -2.15. The molecule has 146 valence electrons. The summed E-state index contributed by atoms with van der Waals surface area (Å²) in [5.41, 5.74) is -0.207. The first-order chi connectivity index (χ1) is 13.3. The third kappa shape index (κ3) is 5.73. The highest BCUT2D eigenvalue weighted by molar-refractivity contribution is 6.00. The number of rotatable bonds is 6. The molecule has 6 nitrogen and oxygen atoms in total. The van der Waals surface area contributed by atoms with Crippen molar-refractivity contribution in [3.05, 3.63) is 71.4 Å². The summed E-state index contributed by atoms with van der Waals surface area (Å²) in [6, 6.07) is 11.8. The van der Waals surface area contributed by atoms with Gasteiger partial charge in [-0.2, -0.15) is 0 Å². The van der Waals surface area contributed by atoms with E-state index in [0.29, 0.717) is 5.56 Å². The SMILES string of the molecule is CC(=O)N/C(=C\c1ccccc1)C(=O)O[C@H](C)C(=O)Nc1c(F)cccc1F. The van der Waals surface area contributed by atoms with Crippen LogP contribution in [-0.4, -0.2) is 23.9 Å². The third-order valence-corrected chi connectivity index (χ3v) is 3.51. The highest BCUT2D eigenvalue weighted by Gasteiger charge is 2.23. The van der Waals surface area contributed by atoms with Crippen LogP contribution in [0.5, 0.6) is 0 Å². The monoisotopic (exact) mass is 388 g/mol. The summed E-state index contributed by atoms with van der Waals surface area (Å²) in [5, 5.41) is 4.38. The van der Waals surface area contributed by atoms with Crippen molar-refractivity contribution < 1.29 is 27.9 Å². The molecule has 28 heavy (non-hydrogen) atoms. The molecule has 2 aromatic rings. The Bertz CT molecular complexity index is 893. The van der Waals surface area contributed by atoms with E-state index in [1.807, 2.05) is 5.32 Å². The Morgan fingerprint density at radius 1 is 1.00 bits per heavy atom. The zero-order chi connectivity index (χ0) is 20.7. The van der Waals surface area contributed by atoms with Crippen molar-refractivity contribution in [2.45, 2.75) is 20.0 Å². The summed E-state index contributed by atoms with van der Waals surface area (Å²) in [6.07, 6.45) is 0.00433. The van der Waals surface area contributed by atoms with Gasteiger partial charge in [-0.05, 0) is 30.7 Å². The largest absolute Gasteiger partial charge is 0.448 e. The van der Waals surface area contributed by atoms with E-state index < -0.39 is 41.2 Å². The molecule has 0 bridgehead atoms. The molecular formula is C20H18F2N2O4. The van der Waals surface area contributed by atoms with Crippen molar-refractivity contribution in [3.63, 3.8) is 0 Å². The Balaban J connectivity index is 2.12. The maximum Gasteiger partial charge on any atom is 0.355 e. The fraction of sp³-hybridized carbons (Fsp3) is 0.150. The van der Waals surface area contributed by atoms with Crippen molar-refractivity contribution in [1.29, 1.82) is 0 Å². The number of halogens is 2. The number of hydrogen-bond acceptors (Lipinski definition) is 4. The molecule has 0 aliphatic heterocycles. The molecule has 0 aromatic heterocycles. The molecule has 2 rings (SSSR count). The number of nitrogens with one attached hydrogen (secondary N) is 2. The maximum atomic E-state index is 13.6. The second-order valence-electron chi connectivity index (χ2n) is 5.78. The lowest BCUT2D eigenvalue weighted by Crippen LogP contribution is -2.34. The molecule has 0 fully saturated rings. The van der Waals surface area contributed by atoms with Gasteiger partial charge >= 0.3 is 5.97 Å². The summed E-state index contributed by atoms with van der Waals surface area (Å²) >= 11 is 0. The molecular weight excluding hydrogens is 370 g/mol. The van der Waals surface area contributed by atoms with E-state index in [0.717, 1.165) is 18.2 Å². The minimum absolute atomic E-state index is 0.185. The quantitative estimate of drug-likeness (QED) is 0.589. The Morgan fingerprint density at radius 3 is 2.18 bits per heavy atom. The van der Waals surface area contributed by atoms with Crippen molar-refractivity contribution in [2.75, 3.05) is 5.32 Å². The van der Waals surface area contributed by atoms with Gasteiger partial charge in [0, 0.05) is 6.92 Å². The summed E-state index contributed by atoms with van der Waals surface area (Å²) in [7, 11) is 0. The standard InChI is InChI=1S/C20H18F2N2O4/c1-12(19(26)24-18-15(21)9-6-10-16(18)22)28-20(27)17(23-13(2)25)11-14-7-4-3-5-8-14/h3-12H,1-2H3,(H,23,25)(H,24,26)/b17-11-/t12-/m1/s1. The number of amides is 2. The fourth-order valence-electron chi connectivity index (χ4n) is 2.17. The van der Waals surface area contributed by atoms with E-state index in [2.05, 4.69) is 5.32 Å². The molecule has 8 heteroatoms. The van der Waals surface area contributed by atoms with Crippen LogP contribution in [0.1, 0.15) is 19.4 Å². The van der Waals surface area contributed by atoms with Gasteiger partial charge in [-0.15, -0.1) is 0 Å². The first kappa shape index (κ1) is 20.8. The summed E-state index contributed by atoms with van der Waals surface area (Å²) in [5.74, 6) is -4.34. The van der Waals surface area contributed by atoms with Crippen LogP contribution in [0.4, 0.5) is 14.5 Å². The average Bonchev–Trinajstić information content (AvgIpc) is 2.64. The molecule has 0 spiro atoms. The van der Waals surface area contributed by atoms with E-state index >= 15 is 0 Å². The number of anilines is 1. The zero-order valence-electron chi connectivity index (χ0n) is 15.2. The number of carbonyl (C=O) groups excluding carboxylic acids is 3. The molecule has 0 radical (unpaired) electrons. The highest BCUT2D eigenvalue weighted by atomic mass is 19.1. The van der Waals surface area contributed by atoms with Crippen LogP contribution in [0, 0.1) is 11.6 Å². The smallest absolute Gasteiger partial charge is 0.355 e. The van der Waals surface area contributed by atoms with Crippen molar-refractivity contribution in [2.24, 2.45) is 0 Å². The Labute approximate surface area is 160 Å². The average molecular weight is 388 g/mol. The van der Waals surface area contributed by atoms with Gasteiger partial charge in [0.2, 0.25) is 5.91 Å². The molecule has 2 amide bonds. The fourth-order valence-corrected chi connectivity index (χ4v) is 2.17. The normalized spacial score (nSPS) is 12.1. The van der Waals surface area contributed by atoms with Gasteiger partial charge in [-0.3, -0.25) is 9.59 Å². The number of benzene rings is 2. The number of esters is 1. The van der Waals surface area contributed by atoms with Crippen LogP contribution in [0.3, 0.4) is 0 Å². The van der Waals surface area contributed by atoms with E-state index in [9.17, 15) is 23.2 Å². The van der Waals surface area contributed by atoms with Gasteiger partial charge < -0.3 is 15.4 Å². The molecule has 2 N–H and O–H groups in total. The van der Waals surface area contributed by atoms with Crippen LogP contribution >= 0.6 is 0 Å². The van der Waals surface area contributed by atoms with Gasteiger partial charge in [0.05, 0.1) is 0 Å². The lowest BCUT2D eigenvalue weighted by molar-refractivity contribution is -0.149. The third-order valence-electron chi connectivity index (χ3n) is 3.51. The van der Waals surface area contributed by atoms with E-state index in [-0.39, 0.29) is 5.70 Å². The van der Waals surface area contributed by atoms with E-state index in [1.165, 1.54) is 19.9 Å². The van der Waals surface area contributed by atoms with Crippen LogP contribution in [0.15, 0.2) is 54.2 Å². The minimum Gasteiger partial charge on any atom is -0.448 e. The minimum atomic E-state index is -1.38. The molecule has 0 aliphatic carbocycles. The van der Waals surface area contributed by atoms with Crippen molar-refractivity contribution in [3.8, 4) is 0 Å². The molecule has 0 saturated carbocycles. The molecule has 0 unspecified atom stereocenters. The van der Waals surface area contributed by atoms with Crippen LogP contribution in [0.25, 0.3) is 6.08 Å². The van der Waals surface area contributed by atoms with E-state index in [1.54, 1.807) is 30.3 Å². The Hall–Kier alpha value is -3.55. The van der Waals surface area contributed by atoms with Gasteiger partial charge in [-0.25, -0.2) is 13.6 Å². The Kier molecular flexibility index (Phi) is 6.97. The number of para-hydroxylation sites is 1. The van der Waals surface area contributed by atoms with Crippen molar-refractivity contribution >= 4 is 29.5 Å². The number of carbonyl (C=O) groups is 3. The summed E-state index contributed by atoms with van der Waals surface area (Å²) in [4.78, 5) is 35.8. The maximum absolute atomic E-state index is 13.6. The molecule has 0 heterocycles. The van der Waals surface area contributed by atoms with Gasteiger partial charge in [-0.1, -0.05) is 36.4 Å². The molecule has 0 saturated heterocycles. The molecule has 1 atom stereocenters. The first-order valence-corrected chi connectivity index (χ1v) is 8.28. The van der Waals surface area contributed by atoms with Crippen LogP contribution in [-0.2, 0) is 19.1 Å². The Morgan fingerprint density at radius 2 is 1.61 bits per heavy atom. The summed E-state index contributed by atoms with van der Waals surface area (Å²) < 4.78 is 32.3. The lowest BCUT2D eigenvalue weighted by atomic mass is 10.2. The molecule has 2 aromatic carbocycles. The van der Waals surface area contributed by atoms with Crippen LogP contribution < -0.4 is 10.6 Å². The van der Waals surface area contributed by atoms with E-state index in [4.69, 9.17) is 4.74 Å². The van der Waals surface area contributed by atoms with Gasteiger partial charge in [0.25, 0.3) is 5.91 Å². The second kappa shape index (κ2) is 9.40. The molecule has 0 aliphatic rings. The van der Waals surface area contributed by atoms with Gasteiger partial charge in [0.1, 0.15) is 23.0 Å². The van der Waals surface area contributed by atoms with Crippen LogP contribution in [0.2, 0.25) is 0 Å². The van der Waals surface area contributed by atoms with Crippen molar-refractivity contribution in [1.82, 2.24) is 5.32 Å². The van der Waals surface area contributed by atoms with Gasteiger partial charge in [0.15, 0.2) is 6.10 Å². The number of hydrogen-bond donors (Lipinski definition) is 2. The zero-order valence-corrected chi connectivity index (χ0v) is 15.2. The number of ether oxygens (including phenoxy) is 1. The first-order valence-electron chi connectivity index (χ1n) is 8.28. The summed E-state index contributed by atoms with van der Waals surface area (Å²) in [6.45, 7) is 2.45. The topological polar surface area (TPSA) is 84.5 Å². The predicted octanol–water partition coefficient (Wildman–Crippen LogP) is 3.01. The predicted molar refractivity (Wildman–Crippen MR) is 98.8 cm³/mol. The second-order valence-corrected chi connectivity index (χ2v) is 5.78.